The van der Waals surface area contributed by atoms with Gasteiger partial charge in [0.05, 0.1) is 0 Å². The van der Waals surface area contributed by atoms with Crippen molar-refractivity contribution in [2.45, 2.75) is 72.1 Å². The Hall–Kier alpha value is -3.81. The number of alkyl carbamates (subject to hydrolysis) is 1. The summed E-state index contributed by atoms with van der Waals surface area (Å²) in [5, 5.41) is 17.8. The van der Waals surface area contributed by atoms with E-state index in [0.29, 0.717) is 6.42 Å². The number of aromatic hydroxyl groups is 1. The summed E-state index contributed by atoms with van der Waals surface area (Å²) in [4.78, 5) is 38.1. The number of benzene rings is 2. The number of rotatable bonds is 9. The molecule has 0 fully saturated rings. The van der Waals surface area contributed by atoms with Crippen LogP contribution >= 0.6 is 0 Å². The minimum Gasteiger partial charge on any atom is -0.508 e. The van der Waals surface area contributed by atoms with Gasteiger partial charge >= 0.3 is 6.09 Å². The summed E-state index contributed by atoms with van der Waals surface area (Å²) < 4.78 is 5.33. The second-order valence-electron chi connectivity index (χ2n) is 9.79. The van der Waals surface area contributed by atoms with Crippen LogP contribution in [0.15, 0.2) is 54.7 Å². The van der Waals surface area contributed by atoms with Crippen molar-refractivity contribution < 1.29 is 24.2 Å². The van der Waals surface area contributed by atoms with Crippen LogP contribution in [0.2, 0.25) is 0 Å². The molecule has 0 saturated carbocycles. The lowest BCUT2D eigenvalue weighted by atomic mass is 9.95. The van der Waals surface area contributed by atoms with E-state index in [2.05, 4.69) is 16.0 Å². The van der Waals surface area contributed by atoms with E-state index >= 15 is 0 Å². The van der Waals surface area contributed by atoms with Crippen molar-refractivity contribution in [3.05, 3.63) is 77.0 Å². The molecule has 36 heavy (non-hydrogen) atoms. The highest BCUT2D eigenvalue weighted by Crippen LogP contribution is 2.22. The zero-order chi connectivity index (χ0) is 26.9. The SMILES string of the molecule is Cc1cc(O)cc(C)c1C[C@H](NC(=O)OC(C)(C)C)C(=O)N[C@H](C)C(=O)N/C=C/Cc1ccccc1. The van der Waals surface area contributed by atoms with Gasteiger partial charge in [-0.25, -0.2) is 4.79 Å². The summed E-state index contributed by atoms with van der Waals surface area (Å²) in [6.07, 6.45) is 3.46. The van der Waals surface area contributed by atoms with Crippen molar-refractivity contribution in [1.29, 1.82) is 0 Å². The summed E-state index contributed by atoms with van der Waals surface area (Å²) >= 11 is 0. The lowest BCUT2D eigenvalue weighted by Gasteiger charge is -2.25. The lowest BCUT2D eigenvalue weighted by Crippen LogP contribution is -2.53. The molecule has 0 saturated heterocycles. The summed E-state index contributed by atoms with van der Waals surface area (Å²) in [5.41, 5.74) is 2.75. The van der Waals surface area contributed by atoms with Crippen LogP contribution in [0.25, 0.3) is 0 Å². The first kappa shape index (κ1) is 28.4. The molecule has 4 N–H and O–H groups in total. The zero-order valence-corrected chi connectivity index (χ0v) is 21.8. The molecule has 8 heteroatoms. The van der Waals surface area contributed by atoms with Gasteiger partial charge in [0.1, 0.15) is 23.4 Å². The first-order valence-electron chi connectivity index (χ1n) is 11.9. The van der Waals surface area contributed by atoms with Gasteiger partial charge in [0.15, 0.2) is 0 Å². The summed E-state index contributed by atoms with van der Waals surface area (Å²) in [6, 6.07) is 11.2. The van der Waals surface area contributed by atoms with Gasteiger partial charge in [-0.05, 0) is 82.3 Å². The molecular weight excluding hydrogens is 458 g/mol. The van der Waals surface area contributed by atoms with Crippen LogP contribution in [-0.2, 0) is 27.2 Å². The Morgan fingerprint density at radius 1 is 1.00 bits per heavy atom. The number of aryl methyl sites for hydroxylation is 2. The van der Waals surface area contributed by atoms with Gasteiger partial charge in [0.2, 0.25) is 11.8 Å². The summed E-state index contributed by atoms with van der Waals surface area (Å²) in [7, 11) is 0. The summed E-state index contributed by atoms with van der Waals surface area (Å²) in [5.74, 6) is -0.787. The first-order chi connectivity index (χ1) is 16.9. The number of hydrogen-bond acceptors (Lipinski definition) is 5. The molecule has 2 aromatic rings. The van der Waals surface area contributed by atoms with E-state index in [0.717, 1.165) is 22.3 Å². The van der Waals surface area contributed by atoms with Crippen molar-refractivity contribution in [2.75, 3.05) is 0 Å². The minimum atomic E-state index is -0.995. The Balaban J connectivity index is 2.07. The van der Waals surface area contributed by atoms with Crippen LogP contribution < -0.4 is 16.0 Å². The standard InChI is InChI=1S/C28H37N3O5/c1-18-15-22(32)16-19(2)23(18)17-24(31-27(35)36-28(4,5)6)26(34)30-20(3)25(33)29-14-10-13-21-11-8-7-9-12-21/h7-12,14-16,20,24,32H,13,17H2,1-6H3,(H,29,33)(H,30,34)(H,31,35)/b14-10+/t20-,24+/m1/s1. The average molecular weight is 496 g/mol. The quantitative estimate of drug-likeness (QED) is 0.422. The normalized spacial score (nSPS) is 13.1. The Labute approximate surface area is 213 Å². The Bertz CT molecular complexity index is 1070. The highest BCUT2D eigenvalue weighted by Gasteiger charge is 2.28. The predicted molar refractivity (Wildman–Crippen MR) is 139 cm³/mol. The van der Waals surface area contributed by atoms with Crippen molar-refractivity contribution >= 4 is 17.9 Å². The van der Waals surface area contributed by atoms with Crippen molar-refractivity contribution in [2.24, 2.45) is 0 Å². The van der Waals surface area contributed by atoms with Gasteiger partial charge in [-0.15, -0.1) is 0 Å². The number of amides is 3. The molecule has 0 heterocycles. The molecule has 2 atom stereocenters. The molecule has 0 aliphatic rings. The van der Waals surface area contributed by atoms with Gasteiger partial charge in [-0.2, -0.15) is 0 Å². The molecular formula is C28H37N3O5. The predicted octanol–water partition coefficient (Wildman–Crippen LogP) is 3.82. The third-order valence-corrected chi connectivity index (χ3v) is 5.39. The van der Waals surface area contributed by atoms with Crippen molar-refractivity contribution in [3.8, 4) is 5.75 Å². The summed E-state index contributed by atoms with van der Waals surface area (Å²) in [6.45, 7) is 10.4. The minimum absolute atomic E-state index is 0.125. The fourth-order valence-electron chi connectivity index (χ4n) is 3.61. The van der Waals surface area contributed by atoms with E-state index in [1.165, 1.54) is 0 Å². The molecule has 194 valence electrons. The number of phenols is 1. The number of allylic oxidation sites excluding steroid dienone is 1. The number of phenolic OH excluding ortho intramolecular Hbond substituents is 1. The molecule has 0 aliphatic heterocycles. The van der Waals surface area contributed by atoms with E-state index in [4.69, 9.17) is 4.74 Å². The maximum Gasteiger partial charge on any atom is 0.408 e. The molecule has 0 aliphatic carbocycles. The molecule has 8 nitrogen and oxygen atoms in total. The van der Waals surface area contributed by atoms with E-state index < -0.39 is 29.7 Å². The van der Waals surface area contributed by atoms with Crippen LogP contribution in [0.3, 0.4) is 0 Å². The van der Waals surface area contributed by atoms with E-state index in [1.807, 2.05) is 50.3 Å². The van der Waals surface area contributed by atoms with Crippen LogP contribution in [0.4, 0.5) is 4.79 Å². The molecule has 0 spiro atoms. The third-order valence-electron chi connectivity index (χ3n) is 5.39. The topological polar surface area (TPSA) is 117 Å². The molecule has 0 radical (unpaired) electrons. The van der Waals surface area contributed by atoms with E-state index in [1.54, 1.807) is 46.0 Å². The number of carbonyl (C=O) groups is 3. The van der Waals surface area contributed by atoms with Crippen molar-refractivity contribution in [1.82, 2.24) is 16.0 Å². The fourth-order valence-corrected chi connectivity index (χ4v) is 3.61. The largest absolute Gasteiger partial charge is 0.508 e. The van der Waals surface area contributed by atoms with E-state index in [9.17, 15) is 19.5 Å². The maximum absolute atomic E-state index is 13.1. The van der Waals surface area contributed by atoms with E-state index in [-0.39, 0.29) is 18.1 Å². The number of hydrogen-bond donors (Lipinski definition) is 4. The molecule has 0 unspecified atom stereocenters. The molecule has 0 aromatic heterocycles. The number of nitrogens with one attached hydrogen (secondary N) is 3. The zero-order valence-electron chi connectivity index (χ0n) is 21.8. The van der Waals surface area contributed by atoms with Crippen LogP contribution in [0, 0.1) is 13.8 Å². The fraction of sp³-hybridized carbons (Fsp3) is 0.393. The van der Waals surface area contributed by atoms with Gasteiger partial charge in [0.25, 0.3) is 0 Å². The monoisotopic (exact) mass is 495 g/mol. The number of ether oxygens (including phenoxy) is 1. The van der Waals surface area contributed by atoms with Gasteiger partial charge in [0, 0.05) is 12.6 Å². The second-order valence-corrected chi connectivity index (χ2v) is 9.79. The van der Waals surface area contributed by atoms with Gasteiger partial charge < -0.3 is 25.8 Å². The second kappa shape index (κ2) is 12.8. The molecule has 0 bridgehead atoms. The Morgan fingerprint density at radius 3 is 2.19 bits per heavy atom. The lowest BCUT2D eigenvalue weighted by molar-refractivity contribution is -0.129. The molecule has 3 amide bonds. The van der Waals surface area contributed by atoms with Crippen molar-refractivity contribution in [3.63, 3.8) is 0 Å². The highest BCUT2D eigenvalue weighted by atomic mass is 16.6. The average Bonchev–Trinajstić information content (AvgIpc) is 2.77. The Morgan fingerprint density at radius 2 is 1.61 bits per heavy atom. The van der Waals surface area contributed by atoms with Crippen LogP contribution in [0.5, 0.6) is 5.75 Å². The highest BCUT2D eigenvalue weighted by molar-refractivity contribution is 5.91. The Kier molecular flexibility index (Phi) is 10.1. The van der Waals surface area contributed by atoms with Crippen LogP contribution in [0.1, 0.15) is 49.9 Å². The van der Waals surface area contributed by atoms with Gasteiger partial charge in [-0.1, -0.05) is 36.4 Å². The van der Waals surface area contributed by atoms with Gasteiger partial charge in [-0.3, -0.25) is 9.59 Å². The first-order valence-corrected chi connectivity index (χ1v) is 11.9. The third kappa shape index (κ3) is 9.44. The maximum atomic E-state index is 13.1. The molecule has 2 rings (SSSR count). The number of carbonyl (C=O) groups excluding carboxylic acids is 3. The molecule has 2 aromatic carbocycles. The smallest absolute Gasteiger partial charge is 0.408 e. The van der Waals surface area contributed by atoms with Crippen LogP contribution in [-0.4, -0.2) is 40.7 Å².